The Labute approximate surface area is 162 Å². The molecule has 5 rings (SSSR count). The molecule has 1 aliphatic heterocycles. The largest absolute Gasteiger partial charge is 0.342 e. The summed E-state index contributed by atoms with van der Waals surface area (Å²) in [4.78, 5) is 15.3. The van der Waals surface area contributed by atoms with Gasteiger partial charge in [0.1, 0.15) is 5.82 Å². The molecule has 0 fully saturated rings. The predicted octanol–water partition coefficient (Wildman–Crippen LogP) is 4.65. The van der Waals surface area contributed by atoms with E-state index in [1.165, 1.54) is 17.0 Å². The molecule has 0 spiro atoms. The Kier molecular flexibility index (Phi) is 4.00. The predicted molar refractivity (Wildman–Crippen MR) is 103 cm³/mol. The third-order valence-electron chi connectivity index (χ3n) is 5.42. The molecule has 3 heterocycles. The highest BCUT2D eigenvalue weighted by molar-refractivity contribution is 6.33. The van der Waals surface area contributed by atoms with Crippen LogP contribution in [0.1, 0.15) is 29.1 Å². The van der Waals surface area contributed by atoms with Crippen molar-refractivity contribution in [1.29, 1.82) is 0 Å². The summed E-state index contributed by atoms with van der Waals surface area (Å²) in [6.07, 6.45) is 4.83. The summed E-state index contributed by atoms with van der Waals surface area (Å²) < 4.78 is 0. The fraction of sp³-hybridized carbons (Fsp3) is 0.300. The maximum absolute atomic E-state index is 6.33. The van der Waals surface area contributed by atoms with Crippen molar-refractivity contribution in [3.05, 3.63) is 69.2 Å². The topological polar surface area (TPSA) is 44.8 Å². The van der Waals surface area contributed by atoms with Gasteiger partial charge in [0, 0.05) is 43.0 Å². The Morgan fingerprint density at radius 1 is 1.12 bits per heavy atom. The summed E-state index contributed by atoms with van der Waals surface area (Å²) in [5.74, 6) is 0.874. The van der Waals surface area contributed by atoms with E-state index < -0.39 is 0 Å². The number of nitrogens with one attached hydrogen (secondary N) is 1. The lowest BCUT2D eigenvalue weighted by Crippen LogP contribution is -2.35. The number of halogens is 2. The minimum Gasteiger partial charge on any atom is -0.342 e. The number of pyridine rings is 1. The molecule has 132 valence electrons. The Hall–Kier alpha value is -1.88. The van der Waals surface area contributed by atoms with Crippen LogP contribution < -0.4 is 0 Å². The third kappa shape index (κ3) is 2.82. The molecule has 26 heavy (non-hydrogen) atoms. The number of nitrogens with zero attached hydrogens (tertiary/aromatic N) is 3. The number of rotatable bonds is 2. The lowest BCUT2D eigenvalue weighted by molar-refractivity contribution is 0.179. The van der Waals surface area contributed by atoms with Crippen LogP contribution >= 0.6 is 23.2 Å². The highest BCUT2D eigenvalue weighted by Crippen LogP contribution is 2.33. The first-order valence-electron chi connectivity index (χ1n) is 8.87. The van der Waals surface area contributed by atoms with E-state index in [4.69, 9.17) is 28.2 Å². The van der Waals surface area contributed by atoms with Crippen LogP contribution in [0.3, 0.4) is 0 Å². The van der Waals surface area contributed by atoms with Gasteiger partial charge in [-0.1, -0.05) is 35.3 Å². The number of aromatic nitrogens is 3. The summed E-state index contributed by atoms with van der Waals surface area (Å²) >= 11 is 12.4. The lowest BCUT2D eigenvalue weighted by atomic mass is 9.95. The Balaban J connectivity index is 1.37. The smallest absolute Gasteiger partial charge is 0.139 e. The Morgan fingerprint density at radius 3 is 2.88 bits per heavy atom. The first kappa shape index (κ1) is 16.3. The molecule has 1 aromatic carbocycles. The van der Waals surface area contributed by atoms with Crippen LogP contribution in [0, 0.1) is 0 Å². The van der Waals surface area contributed by atoms with E-state index in [0.717, 1.165) is 59.5 Å². The molecule has 0 saturated carbocycles. The molecule has 3 aromatic rings. The summed E-state index contributed by atoms with van der Waals surface area (Å²) in [6.45, 7) is 1.83. The van der Waals surface area contributed by atoms with Crippen molar-refractivity contribution >= 4 is 23.2 Å². The molecular formula is C20H18Cl2N4. The molecule has 2 aliphatic rings. The number of fused-ring (bicyclic) bond motifs is 2. The Bertz CT molecular complexity index is 982. The van der Waals surface area contributed by atoms with Crippen molar-refractivity contribution in [3.63, 3.8) is 0 Å². The monoisotopic (exact) mass is 384 g/mol. The normalized spacial score (nSPS) is 19.4. The third-order valence-corrected chi connectivity index (χ3v) is 5.95. The van der Waals surface area contributed by atoms with Crippen LogP contribution in [0.15, 0.2) is 36.5 Å². The highest BCUT2D eigenvalue weighted by atomic mass is 35.5. The molecule has 0 radical (unpaired) electrons. The van der Waals surface area contributed by atoms with E-state index in [0.29, 0.717) is 6.04 Å². The molecule has 1 aliphatic carbocycles. The van der Waals surface area contributed by atoms with Gasteiger partial charge in [0.2, 0.25) is 0 Å². The maximum atomic E-state index is 6.33. The maximum Gasteiger partial charge on any atom is 0.139 e. The first-order valence-corrected chi connectivity index (χ1v) is 9.63. The molecule has 0 saturated heterocycles. The fourth-order valence-electron chi connectivity index (χ4n) is 4.07. The molecule has 1 N–H and O–H groups in total. The van der Waals surface area contributed by atoms with E-state index in [1.54, 1.807) is 6.20 Å². The number of aryl methyl sites for hydroxylation is 1. The van der Waals surface area contributed by atoms with Gasteiger partial charge in [0.15, 0.2) is 0 Å². The standard InChI is InChI=1S/C20H18Cl2N4/c21-13-7-12-10-26(11-19(12)23-9-13)14-5-6-17-18(8-14)25-20(24-17)15-3-1-2-4-16(15)22/h1-4,7,9,14H,5-6,8,10-11H2,(H,24,25). The summed E-state index contributed by atoms with van der Waals surface area (Å²) in [6, 6.07) is 10.4. The van der Waals surface area contributed by atoms with Crippen LogP contribution in [-0.2, 0) is 25.9 Å². The summed E-state index contributed by atoms with van der Waals surface area (Å²) in [5, 5.41) is 1.45. The molecule has 4 nitrogen and oxygen atoms in total. The van der Waals surface area contributed by atoms with Gasteiger partial charge < -0.3 is 4.98 Å². The fourth-order valence-corrected chi connectivity index (χ4v) is 4.47. The minimum atomic E-state index is 0.495. The second-order valence-electron chi connectivity index (χ2n) is 7.05. The lowest BCUT2D eigenvalue weighted by Gasteiger charge is -2.30. The molecular weight excluding hydrogens is 367 g/mol. The van der Waals surface area contributed by atoms with Gasteiger partial charge in [0.05, 0.1) is 21.4 Å². The van der Waals surface area contributed by atoms with E-state index in [1.807, 2.05) is 30.3 Å². The number of hydrogen-bond donors (Lipinski definition) is 1. The van der Waals surface area contributed by atoms with Crippen molar-refractivity contribution < 1.29 is 0 Å². The first-order chi connectivity index (χ1) is 12.7. The second kappa shape index (κ2) is 6.38. The average molecular weight is 385 g/mol. The van der Waals surface area contributed by atoms with Gasteiger partial charge in [-0.15, -0.1) is 0 Å². The molecule has 1 unspecified atom stereocenters. The van der Waals surface area contributed by atoms with Crippen molar-refractivity contribution in [3.8, 4) is 11.4 Å². The molecule has 0 bridgehead atoms. The van der Waals surface area contributed by atoms with Gasteiger partial charge in [0.25, 0.3) is 0 Å². The average Bonchev–Trinajstić information content (AvgIpc) is 3.24. The number of benzene rings is 1. The quantitative estimate of drug-likeness (QED) is 0.698. The van der Waals surface area contributed by atoms with Gasteiger partial charge in [-0.25, -0.2) is 4.98 Å². The molecule has 0 amide bonds. The van der Waals surface area contributed by atoms with Crippen LogP contribution in [0.25, 0.3) is 11.4 Å². The zero-order valence-electron chi connectivity index (χ0n) is 14.2. The molecule has 1 atom stereocenters. The summed E-state index contributed by atoms with van der Waals surface area (Å²) in [7, 11) is 0. The Morgan fingerprint density at radius 2 is 2.00 bits per heavy atom. The number of aromatic amines is 1. The van der Waals surface area contributed by atoms with E-state index in [-0.39, 0.29) is 0 Å². The van der Waals surface area contributed by atoms with Crippen LogP contribution in [-0.4, -0.2) is 25.9 Å². The van der Waals surface area contributed by atoms with Gasteiger partial charge in [-0.3, -0.25) is 9.88 Å². The zero-order valence-corrected chi connectivity index (χ0v) is 15.7. The van der Waals surface area contributed by atoms with Crippen molar-refractivity contribution in [2.75, 3.05) is 0 Å². The van der Waals surface area contributed by atoms with Gasteiger partial charge in [-0.05, 0) is 36.6 Å². The van der Waals surface area contributed by atoms with Crippen molar-refractivity contribution in [1.82, 2.24) is 19.9 Å². The molecule has 6 heteroatoms. The van der Waals surface area contributed by atoms with Gasteiger partial charge >= 0.3 is 0 Å². The summed E-state index contributed by atoms with van der Waals surface area (Å²) in [5.41, 5.74) is 5.78. The van der Waals surface area contributed by atoms with E-state index >= 15 is 0 Å². The van der Waals surface area contributed by atoms with Crippen LogP contribution in [0.2, 0.25) is 10.0 Å². The number of imidazole rings is 1. The number of H-pyrrole nitrogens is 1. The van der Waals surface area contributed by atoms with E-state index in [9.17, 15) is 0 Å². The molecule has 2 aromatic heterocycles. The van der Waals surface area contributed by atoms with Crippen LogP contribution in [0.4, 0.5) is 0 Å². The second-order valence-corrected chi connectivity index (χ2v) is 7.90. The highest BCUT2D eigenvalue weighted by Gasteiger charge is 2.31. The van der Waals surface area contributed by atoms with E-state index in [2.05, 4.69) is 14.9 Å². The SMILES string of the molecule is Clc1cnc2c(c1)CN(C1CCc3nc(-c4ccccc4Cl)[nH]c3C1)C2. The van der Waals surface area contributed by atoms with Crippen LogP contribution in [0.5, 0.6) is 0 Å². The minimum absolute atomic E-state index is 0.495. The zero-order chi connectivity index (χ0) is 17.7. The van der Waals surface area contributed by atoms with Crippen molar-refractivity contribution in [2.24, 2.45) is 0 Å². The van der Waals surface area contributed by atoms with Gasteiger partial charge in [-0.2, -0.15) is 0 Å². The number of hydrogen-bond acceptors (Lipinski definition) is 3. The van der Waals surface area contributed by atoms with Crippen molar-refractivity contribution in [2.45, 2.75) is 38.4 Å².